The van der Waals surface area contributed by atoms with Crippen LogP contribution in [0.25, 0.3) is 29.5 Å². The number of nitrogens with zero attached hydrogens (tertiary/aromatic N) is 3. The normalized spacial score (nSPS) is 13.1. The summed E-state index contributed by atoms with van der Waals surface area (Å²) in [6.07, 6.45) is 4.28. The number of rotatable bonds is 7. The summed E-state index contributed by atoms with van der Waals surface area (Å²) in [4.78, 5) is 13.8. The molecule has 0 atom stereocenters. The molecule has 0 aliphatic rings. The predicted octanol–water partition coefficient (Wildman–Crippen LogP) is 2.91. The maximum Gasteiger partial charge on any atom is 0.259 e. The third kappa shape index (κ3) is 4.55. The monoisotopic (exact) mass is 402 g/mol. The number of benzene rings is 1. The van der Waals surface area contributed by atoms with Gasteiger partial charge in [0, 0.05) is 37.2 Å². The summed E-state index contributed by atoms with van der Waals surface area (Å²) in [5, 5.41) is 11.2. The molecule has 0 saturated carbocycles. The molecule has 1 aromatic carbocycles. The first kappa shape index (κ1) is 22.8. The minimum absolute atomic E-state index is 0.0270. The fourth-order valence-corrected chi connectivity index (χ4v) is 3.64. The quantitative estimate of drug-likeness (QED) is 0.572. The highest BCUT2D eigenvalue weighted by atomic mass is 16.1. The molecule has 0 saturated heterocycles. The molecule has 0 radical (unpaired) electrons. The van der Waals surface area contributed by atoms with Gasteiger partial charge in [0.1, 0.15) is 11.6 Å². The van der Waals surface area contributed by atoms with Gasteiger partial charge in [0.2, 0.25) is 0 Å². The number of amides is 1. The number of hydrogen-bond acceptors (Lipinski definition) is 3. The van der Waals surface area contributed by atoms with Crippen molar-refractivity contribution in [2.45, 2.75) is 27.7 Å². The molecule has 0 fully saturated rings. The molecule has 0 bridgehead atoms. The van der Waals surface area contributed by atoms with Crippen LogP contribution in [0.1, 0.15) is 33.4 Å². The predicted molar refractivity (Wildman–Crippen MR) is 124 cm³/mol. The van der Waals surface area contributed by atoms with E-state index in [0.29, 0.717) is 5.57 Å². The first-order valence-corrected chi connectivity index (χ1v) is 10.1. The summed E-state index contributed by atoms with van der Waals surface area (Å²) in [6.45, 7) is 14.2. The van der Waals surface area contributed by atoms with Crippen LogP contribution in [-0.2, 0) is 11.8 Å². The second kappa shape index (κ2) is 9.80. The lowest BCUT2D eigenvalue weighted by Crippen LogP contribution is -2.27. The van der Waals surface area contributed by atoms with E-state index in [1.165, 1.54) is 5.70 Å². The average molecular weight is 403 g/mol. The van der Waals surface area contributed by atoms with Gasteiger partial charge in [-0.05, 0) is 73.5 Å². The van der Waals surface area contributed by atoms with Crippen molar-refractivity contribution in [1.82, 2.24) is 9.47 Å². The highest BCUT2D eigenvalue weighted by Gasteiger charge is 2.15. The van der Waals surface area contributed by atoms with Crippen LogP contribution < -0.4 is 16.2 Å². The van der Waals surface area contributed by atoms with Gasteiger partial charge in [-0.2, -0.15) is 5.26 Å². The molecule has 0 spiro atoms. The van der Waals surface area contributed by atoms with Gasteiger partial charge in [-0.25, -0.2) is 0 Å². The van der Waals surface area contributed by atoms with E-state index in [4.69, 9.17) is 5.73 Å². The van der Waals surface area contributed by atoms with E-state index in [-0.39, 0.29) is 5.57 Å². The highest BCUT2D eigenvalue weighted by Crippen LogP contribution is 2.25. The Hall–Kier alpha value is -3.52. The van der Waals surface area contributed by atoms with Crippen LogP contribution >= 0.6 is 0 Å². The molecular weight excluding hydrogens is 372 g/mol. The molecule has 0 unspecified atom stereocenters. The van der Waals surface area contributed by atoms with Gasteiger partial charge in [0.25, 0.3) is 5.91 Å². The van der Waals surface area contributed by atoms with Crippen LogP contribution in [0.3, 0.4) is 0 Å². The second-order valence-electron chi connectivity index (χ2n) is 7.08. The Balaban J connectivity index is 2.52. The van der Waals surface area contributed by atoms with Crippen LogP contribution in [0, 0.1) is 11.3 Å². The molecule has 1 amide bonds. The van der Waals surface area contributed by atoms with E-state index in [1.807, 2.05) is 36.7 Å². The first-order valence-electron chi connectivity index (χ1n) is 10.1. The number of nitriles is 1. The first-order chi connectivity index (χ1) is 14.3. The molecule has 5 heteroatoms. The van der Waals surface area contributed by atoms with E-state index < -0.39 is 5.91 Å². The molecule has 1 aromatic heterocycles. The van der Waals surface area contributed by atoms with Crippen molar-refractivity contribution >= 4 is 24.1 Å². The number of carbonyl (C=O) groups is 1. The maximum atomic E-state index is 11.5. The molecular formula is C25H30N4O. The highest BCUT2D eigenvalue weighted by molar-refractivity contribution is 6.03. The van der Waals surface area contributed by atoms with Gasteiger partial charge < -0.3 is 15.2 Å². The number of aromatic nitrogens is 1. The van der Waals surface area contributed by atoms with Gasteiger partial charge >= 0.3 is 0 Å². The zero-order chi connectivity index (χ0) is 22.4. The lowest BCUT2D eigenvalue weighted by molar-refractivity contribution is -0.114. The molecule has 2 rings (SSSR count). The van der Waals surface area contributed by atoms with Gasteiger partial charge in [-0.1, -0.05) is 24.8 Å². The third-order valence-corrected chi connectivity index (χ3v) is 5.41. The maximum absolute atomic E-state index is 11.5. The van der Waals surface area contributed by atoms with Gasteiger partial charge in [-0.15, -0.1) is 0 Å². The average Bonchev–Trinajstić information content (AvgIpc) is 3.10. The summed E-state index contributed by atoms with van der Waals surface area (Å²) in [6, 6.07) is 12.0. The van der Waals surface area contributed by atoms with E-state index >= 15 is 0 Å². The van der Waals surface area contributed by atoms with Crippen molar-refractivity contribution in [2.24, 2.45) is 12.8 Å². The topological polar surface area (TPSA) is 75.0 Å². The number of carbonyl (C=O) groups excluding carboxylic acids is 1. The molecule has 0 aliphatic carbocycles. The van der Waals surface area contributed by atoms with Crippen molar-refractivity contribution in [3.8, 4) is 17.3 Å². The SMILES string of the molecule is C=c1cc(-c2ccc(/C(C)=C(\C#N)C(N)=O)n2C)cc/c1=C/C(=CC)N(CC)CC. The van der Waals surface area contributed by atoms with E-state index in [0.717, 1.165) is 40.5 Å². The molecule has 156 valence electrons. The third-order valence-electron chi connectivity index (χ3n) is 5.41. The van der Waals surface area contributed by atoms with Gasteiger partial charge in [0.15, 0.2) is 0 Å². The van der Waals surface area contributed by atoms with Crippen LogP contribution in [0.5, 0.6) is 0 Å². The molecule has 2 N–H and O–H groups in total. The Kier molecular flexibility index (Phi) is 7.43. The van der Waals surface area contributed by atoms with Crippen molar-refractivity contribution in [1.29, 1.82) is 5.26 Å². The largest absolute Gasteiger partial charge is 0.372 e. The lowest BCUT2D eigenvalue weighted by Gasteiger charge is -2.22. The summed E-state index contributed by atoms with van der Waals surface area (Å²) < 4.78 is 1.96. The Bertz CT molecular complexity index is 1150. The van der Waals surface area contributed by atoms with Crippen LogP contribution in [0.2, 0.25) is 0 Å². The van der Waals surface area contributed by atoms with E-state index in [2.05, 4.69) is 55.7 Å². The zero-order valence-corrected chi connectivity index (χ0v) is 18.5. The number of allylic oxidation sites excluding steroid dienone is 3. The number of hydrogen-bond donors (Lipinski definition) is 1. The number of nitrogens with two attached hydrogens (primary N) is 1. The van der Waals surface area contributed by atoms with Gasteiger partial charge in [-0.3, -0.25) is 4.79 Å². The summed E-state index contributed by atoms with van der Waals surface area (Å²) >= 11 is 0. The van der Waals surface area contributed by atoms with Crippen LogP contribution in [0.15, 0.2) is 47.7 Å². The van der Waals surface area contributed by atoms with Crippen LogP contribution in [0.4, 0.5) is 0 Å². The second-order valence-corrected chi connectivity index (χ2v) is 7.08. The Morgan fingerprint density at radius 2 is 1.93 bits per heavy atom. The molecule has 1 heterocycles. The van der Waals surface area contributed by atoms with E-state index in [1.54, 1.807) is 6.92 Å². The smallest absolute Gasteiger partial charge is 0.259 e. The molecule has 5 nitrogen and oxygen atoms in total. The molecule has 30 heavy (non-hydrogen) atoms. The number of primary amides is 1. The standard InChI is InChI=1S/C25H30N4O/c1-7-21(29(8-2)9-3)15-19-10-11-20(14-17(19)4)24-13-12-23(28(24)6)18(5)22(16-26)25(27)30/h7,10-15H,4,8-9H2,1-3,5-6H3,(H2,27,30)/b19-15-,21-7?,22-18+. The van der Waals surface area contributed by atoms with Gasteiger partial charge in [0.05, 0.1) is 0 Å². The molecule has 2 aromatic rings. The lowest BCUT2D eigenvalue weighted by atomic mass is 10.1. The zero-order valence-electron chi connectivity index (χ0n) is 18.5. The fraction of sp³-hybridized carbons (Fsp3) is 0.280. The van der Waals surface area contributed by atoms with Crippen LogP contribution in [-0.4, -0.2) is 28.5 Å². The van der Waals surface area contributed by atoms with Crippen molar-refractivity contribution in [3.63, 3.8) is 0 Å². The van der Waals surface area contributed by atoms with Crippen molar-refractivity contribution in [3.05, 3.63) is 63.8 Å². The Morgan fingerprint density at radius 1 is 1.27 bits per heavy atom. The molecule has 0 aliphatic heterocycles. The fourth-order valence-electron chi connectivity index (χ4n) is 3.64. The van der Waals surface area contributed by atoms with E-state index in [9.17, 15) is 10.1 Å². The van der Waals surface area contributed by atoms with Crippen molar-refractivity contribution in [2.75, 3.05) is 13.1 Å². The minimum atomic E-state index is -0.717. The Morgan fingerprint density at radius 3 is 2.43 bits per heavy atom. The summed E-state index contributed by atoms with van der Waals surface area (Å²) in [5.41, 5.74) is 9.81. The summed E-state index contributed by atoms with van der Waals surface area (Å²) in [7, 11) is 1.91. The Labute approximate surface area is 178 Å². The summed E-state index contributed by atoms with van der Waals surface area (Å²) in [5.74, 6) is -0.717. The van der Waals surface area contributed by atoms with Crippen molar-refractivity contribution < 1.29 is 4.79 Å². The minimum Gasteiger partial charge on any atom is -0.372 e.